The van der Waals surface area contributed by atoms with Crippen LogP contribution in [0.1, 0.15) is 24.8 Å². The van der Waals surface area contributed by atoms with Gasteiger partial charge in [0.2, 0.25) is 5.91 Å². The molecule has 0 spiro atoms. The number of benzene rings is 1. The molecule has 1 aliphatic carbocycles. The number of nitrogens with one attached hydrogen (secondary N) is 1. The topological polar surface area (TPSA) is 66.4 Å². The number of carbonyl (C=O) groups excluding carboxylic acids is 1. The summed E-state index contributed by atoms with van der Waals surface area (Å²) in [6, 6.07) is 7.19. The molecule has 106 valence electrons. The lowest BCUT2D eigenvalue weighted by atomic mass is 10.1. The summed E-state index contributed by atoms with van der Waals surface area (Å²) in [6.07, 6.45) is 4.91. The zero-order valence-corrected chi connectivity index (χ0v) is 11.6. The van der Waals surface area contributed by atoms with Crippen molar-refractivity contribution < 1.29 is 14.7 Å². The van der Waals surface area contributed by atoms with Crippen molar-refractivity contribution in [1.82, 2.24) is 5.32 Å². The Kier molecular flexibility index (Phi) is 4.79. The molecule has 1 saturated carbocycles. The first-order valence-corrected chi connectivity index (χ1v) is 6.90. The Bertz CT molecular complexity index is 542. The van der Waals surface area contributed by atoms with Gasteiger partial charge in [-0.1, -0.05) is 29.8 Å². The molecule has 0 aliphatic heterocycles. The van der Waals surface area contributed by atoms with E-state index in [-0.39, 0.29) is 17.9 Å². The smallest absolute Gasteiger partial charge is 0.306 e. The van der Waals surface area contributed by atoms with Gasteiger partial charge in [0.25, 0.3) is 0 Å². The summed E-state index contributed by atoms with van der Waals surface area (Å²) in [4.78, 5) is 22.6. The minimum absolute atomic E-state index is 0.0560. The molecular formula is C15H16ClNO3. The maximum absolute atomic E-state index is 11.8. The summed E-state index contributed by atoms with van der Waals surface area (Å²) in [5, 5.41) is 12.3. The molecule has 2 N–H and O–H groups in total. The van der Waals surface area contributed by atoms with Crippen LogP contribution in [0.4, 0.5) is 0 Å². The van der Waals surface area contributed by atoms with E-state index in [1.165, 1.54) is 6.08 Å². The van der Waals surface area contributed by atoms with Crippen LogP contribution in [0.2, 0.25) is 5.02 Å². The van der Waals surface area contributed by atoms with Crippen molar-refractivity contribution in [2.75, 3.05) is 0 Å². The fourth-order valence-electron chi connectivity index (χ4n) is 2.36. The molecule has 0 bridgehead atoms. The van der Waals surface area contributed by atoms with Crippen molar-refractivity contribution in [3.05, 3.63) is 40.9 Å². The van der Waals surface area contributed by atoms with E-state index in [0.717, 1.165) is 5.56 Å². The fraction of sp³-hybridized carbons (Fsp3) is 0.333. The monoisotopic (exact) mass is 293 g/mol. The number of hydrogen-bond acceptors (Lipinski definition) is 2. The predicted molar refractivity (Wildman–Crippen MR) is 77.4 cm³/mol. The molecule has 1 fully saturated rings. The van der Waals surface area contributed by atoms with Gasteiger partial charge in [-0.15, -0.1) is 0 Å². The quantitative estimate of drug-likeness (QED) is 0.839. The third-order valence-electron chi connectivity index (χ3n) is 3.45. The van der Waals surface area contributed by atoms with E-state index in [2.05, 4.69) is 5.32 Å². The van der Waals surface area contributed by atoms with Gasteiger partial charge < -0.3 is 10.4 Å². The Morgan fingerprint density at radius 3 is 2.70 bits per heavy atom. The van der Waals surface area contributed by atoms with Crippen LogP contribution in [-0.4, -0.2) is 23.0 Å². The SMILES string of the molecule is O=C(C=Cc1ccccc1Cl)NC1CCC(C(=O)O)C1. The van der Waals surface area contributed by atoms with Crippen molar-refractivity contribution >= 4 is 29.6 Å². The number of hydrogen-bond donors (Lipinski definition) is 2. The first-order valence-electron chi connectivity index (χ1n) is 6.52. The van der Waals surface area contributed by atoms with Gasteiger partial charge in [-0.25, -0.2) is 0 Å². The van der Waals surface area contributed by atoms with Crippen molar-refractivity contribution in [3.8, 4) is 0 Å². The second-order valence-electron chi connectivity index (χ2n) is 4.91. The van der Waals surface area contributed by atoms with Gasteiger partial charge in [0.05, 0.1) is 5.92 Å². The van der Waals surface area contributed by atoms with Crippen LogP contribution >= 0.6 is 11.6 Å². The number of rotatable bonds is 4. The van der Waals surface area contributed by atoms with Crippen LogP contribution < -0.4 is 5.32 Å². The molecule has 2 rings (SSSR count). The van der Waals surface area contributed by atoms with Crippen molar-refractivity contribution in [2.45, 2.75) is 25.3 Å². The standard InChI is InChI=1S/C15H16ClNO3/c16-13-4-2-1-3-10(13)6-8-14(18)17-12-7-5-11(9-12)15(19)20/h1-4,6,8,11-12H,5,7,9H2,(H,17,18)(H,19,20). The average molecular weight is 294 g/mol. The van der Waals surface area contributed by atoms with E-state index in [0.29, 0.717) is 24.3 Å². The van der Waals surface area contributed by atoms with Crippen LogP contribution in [0.5, 0.6) is 0 Å². The van der Waals surface area contributed by atoms with E-state index >= 15 is 0 Å². The maximum atomic E-state index is 11.8. The molecule has 2 unspecified atom stereocenters. The molecule has 0 heterocycles. The molecule has 20 heavy (non-hydrogen) atoms. The summed E-state index contributed by atoms with van der Waals surface area (Å²) >= 11 is 5.98. The van der Waals surface area contributed by atoms with E-state index in [1.54, 1.807) is 12.1 Å². The van der Waals surface area contributed by atoms with Crippen molar-refractivity contribution in [3.63, 3.8) is 0 Å². The van der Waals surface area contributed by atoms with E-state index in [9.17, 15) is 9.59 Å². The number of amides is 1. The van der Waals surface area contributed by atoms with Gasteiger partial charge >= 0.3 is 5.97 Å². The molecule has 1 aromatic carbocycles. The highest BCUT2D eigenvalue weighted by atomic mass is 35.5. The first kappa shape index (κ1) is 14.6. The highest BCUT2D eigenvalue weighted by Crippen LogP contribution is 2.25. The Balaban J connectivity index is 1.87. The summed E-state index contributed by atoms with van der Waals surface area (Å²) in [5.74, 6) is -1.35. The molecule has 2 atom stereocenters. The Morgan fingerprint density at radius 1 is 1.30 bits per heavy atom. The second-order valence-corrected chi connectivity index (χ2v) is 5.32. The van der Waals surface area contributed by atoms with Gasteiger partial charge in [0, 0.05) is 17.1 Å². The lowest BCUT2D eigenvalue weighted by Crippen LogP contribution is -2.31. The van der Waals surface area contributed by atoms with Gasteiger partial charge in [0.15, 0.2) is 0 Å². The summed E-state index contributed by atoms with van der Waals surface area (Å²) in [7, 11) is 0. The minimum atomic E-state index is -0.784. The fourth-order valence-corrected chi connectivity index (χ4v) is 2.56. The van der Waals surface area contributed by atoms with Crippen LogP contribution in [0, 0.1) is 5.92 Å². The lowest BCUT2D eigenvalue weighted by molar-refractivity contribution is -0.141. The summed E-state index contributed by atoms with van der Waals surface area (Å²) in [5.41, 5.74) is 0.777. The molecular weight excluding hydrogens is 278 g/mol. The Morgan fingerprint density at radius 2 is 2.05 bits per heavy atom. The number of aliphatic carboxylic acids is 1. The van der Waals surface area contributed by atoms with Crippen LogP contribution in [0.3, 0.4) is 0 Å². The largest absolute Gasteiger partial charge is 0.481 e. The summed E-state index contributed by atoms with van der Waals surface area (Å²) in [6.45, 7) is 0. The van der Waals surface area contributed by atoms with E-state index in [4.69, 9.17) is 16.7 Å². The molecule has 0 aromatic heterocycles. The lowest BCUT2D eigenvalue weighted by Gasteiger charge is -2.10. The number of carboxylic acids is 1. The number of carboxylic acid groups (broad SMARTS) is 1. The van der Waals surface area contributed by atoms with E-state index < -0.39 is 5.97 Å². The van der Waals surface area contributed by atoms with Crippen molar-refractivity contribution in [1.29, 1.82) is 0 Å². The zero-order valence-electron chi connectivity index (χ0n) is 10.9. The van der Waals surface area contributed by atoms with Gasteiger partial charge in [0.1, 0.15) is 0 Å². The molecule has 1 aliphatic rings. The third kappa shape index (κ3) is 3.84. The highest BCUT2D eigenvalue weighted by molar-refractivity contribution is 6.32. The summed E-state index contributed by atoms with van der Waals surface area (Å²) < 4.78 is 0. The average Bonchev–Trinajstić information content (AvgIpc) is 2.86. The van der Waals surface area contributed by atoms with Crippen LogP contribution in [0.15, 0.2) is 30.3 Å². The van der Waals surface area contributed by atoms with Crippen LogP contribution in [-0.2, 0) is 9.59 Å². The second kappa shape index (κ2) is 6.57. The van der Waals surface area contributed by atoms with Gasteiger partial charge in [-0.2, -0.15) is 0 Å². The van der Waals surface area contributed by atoms with Gasteiger partial charge in [-0.3, -0.25) is 9.59 Å². The minimum Gasteiger partial charge on any atom is -0.481 e. The Hall–Kier alpha value is -1.81. The van der Waals surface area contributed by atoms with E-state index in [1.807, 2.05) is 18.2 Å². The van der Waals surface area contributed by atoms with Crippen molar-refractivity contribution in [2.24, 2.45) is 5.92 Å². The Labute approximate surface area is 122 Å². The normalized spacial score (nSPS) is 22.1. The zero-order chi connectivity index (χ0) is 14.5. The molecule has 0 saturated heterocycles. The molecule has 5 heteroatoms. The molecule has 1 amide bonds. The molecule has 4 nitrogen and oxygen atoms in total. The molecule has 1 aromatic rings. The molecule has 0 radical (unpaired) electrons. The maximum Gasteiger partial charge on any atom is 0.306 e. The van der Waals surface area contributed by atoms with Gasteiger partial charge in [-0.05, 0) is 37.0 Å². The highest BCUT2D eigenvalue weighted by Gasteiger charge is 2.30. The first-order chi connectivity index (χ1) is 9.56. The number of halogens is 1. The predicted octanol–water partition coefficient (Wildman–Crippen LogP) is 2.72. The number of carbonyl (C=O) groups is 2. The van der Waals surface area contributed by atoms with Crippen LogP contribution in [0.25, 0.3) is 6.08 Å². The third-order valence-corrected chi connectivity index (χ3v) is 3.79.